The summed E-state index contributed by atoms with van der Waals surface area (Å²) in [5, 5.41) is 11.5. The van der Waals surface area contributed by atoms with Gasteiger partial charge in [-0.3, -0.25) is 14.5 Å². The Bertz CT molecular complexity index is 1380. The van der Waals surface area contributed by atoms with E-state index in [1.54, 1.807) is 43.3 Å². The van der Waals surface area contributed by atoms with E-state index in [-0.39, 0.29) is 21.3 Å². The van der Waals surface area contributed by atoms with Crippen LogP contribution in [0.3, 0.4) is 0 Å². The third-order valence-electron chi connectivity index (χ3n) is 6.07. The summed E-state index contributed by atoms with van der Waals surface area (Å²) in [7, 11) is 1.26. The molecule has 0 spiro atoms. The van der Waals surface area contributed by atoms with Gasteiger partial charge in [0.2, 0.25) is 0 Å². The third-order valence-corrected chi connectivity index (χ3v) is 7.21. The molecule has 1 fully saturated rings. The van der Waals surface area contributed by atoms with Crippen LogP contribution in [0.25, 0.3) is 5.76 Å². The lowest BCUT2D eigenvalue weighted by molar-refractivity contribution is -0.132. The molecule has 0 bridgehead atoms. The minimum absolute atomic E-state index is 0.0629. The lowest BCUT2D eigenvalue weighted by atomic mass is 9.95. The highest BCUT2D eigenvalue weighted by Crippen LogP contribution is 2.44. The molecule has 192 valence electrons. The highest BCUT2D eigenvalue weighted by atomic mass is 32.1. The van der Waals surface area contributed by atoms with Crippen LogP contribution in [0.15, 0.2) is 54.1 Å². The number of hydrogen-bond donors (Lipinski definition) is 1. The van der Waals surface area contributed by atoms with E-state index in [1.165, 1.54) is 12.0 Å². The molecule has 3 aromatic rings. The number of methoxy groups -OCH3 is 1. The molecule has 1 saturated heterocycles. The molecule has 1 aromatic heterocycles. The van der Waals surface area contributed by atoms with Crippen molar-refractivity contribution in [1.82, 2.24) is 4.98 Å². The van der Waals surface area contributed by atoms with Crippen LogP contribution in [0.5, 0.6) is 5.75 Å². The Balaban J connectivity index is 1.85. The fourth-order valence-electron chi connectivity index (χ4n) is 4.08. The maximum atomic E-state index is 13.4. The standard InChI is InChI=1S/C28H28N2O6S/c1-5-6-14-36-20-9-7-8-19(15-20)23(31)21-22(18-12-10-16(2)11-13-18)30(26(33)24(21)32)28-29-17(3)25(37-28)27(34)35-4/h7-13,15,22,31H,5-6,14H2,1-4H3/b23-21+. The van der Waals surface area contributed by atoms with Crippen LogP contribution in [0, 0.1) is 13.8 Å². The van der Waals surface area contributed by atoms with E-state index in [0.717, 1.165) is 29.7 Å². The molecule has 2 heterocycles. The molecule has 8 nitrogen and oxygen atoms in total. The van der Waals surface area contributed by atoms with Gasteiger partial charge in [-0.15, -0.1) is 0 Å². The van der Waals surface area contributed by atoms with E-state index in [4.69, 9.17) is 9.47 Å². The summed E-state index contributed by atoms with van der Waals surface area (Å²) < 4.78 is 10.6. The van der Waals surface area contributed by atoms with Gasteiger partial charge in [0.1, 0.15) is 16.4 Å². The van der Waals surface area contributed by atoms with Gasteiger partial charge in [0.15, 0.2) is 5.13 Å². The number of anilines is 1. The zero-order valence-corrected chi connectivity index (χ0v) is 21.9. The van der Waals surface area contributed by atoms with Crippen LogP contribution in [-0.2, 0) is 14.3 Å². The number of esters is 1. The van der Waals surface area contributed by atoms with E-state index in [9.17, 15) is 19.5 Å². The number of unbranched alkanes of at least 4 members (excludes halogenated alkanes) is 1. The smallest absolute Gasteiger partial charge is 0.350 e. The van der Waals surface area contributed by atoms with Gasteiger partial charge in [-0.1, -0.05) is 66.6 Å². The van der Waals surface area contributed by atoms with Crippen molar-refractivity contribution in [2.45, 2.75) is 39.7 Å². The Morgan fingerprint density at radius 1 is 1.14 bits per heavy atom. The maximum Gasteiger partial charge on any atom is 0.350 e. The predicted molar refractivity (Wildman–Crippen MR) is 141 cm³/mol. The summed E-state index contributed by atoms with van der Waals surface area (Å²) in [6.45, 7) is 6.15. The number of amides is 1. The molecule has 0 saturated carbocycles. The molecule has 1 unspecified atom stereocenters. The van der Waals surface area contributed by atoms with Crippen molar-refractivity contribution in [2.75, 3.05) is 18.6 Å². The first-order valence-electron chi connectivity index (χ1n) is 11.9. The van der Waals surface area contributed by atoms with Crippen LogP contribution in [0.1, 0.15) is 57.9 Å². The van der Waals surface area contributed by atoms with Crippen molar-refractivity contribution in [3.05, 3.63) is 81.4 Å². The number of nitrogens with zero attached hydrogens (tertiary/aromatic N) is 2. The van der Waals surface area contributed by atoms with Crippen LogP contribution in [0.4, 0.5) is 5.13 Å². The average molecular weight is 521 g/mol. The third kappa shape index (κ3) is 5.13. The Kier molecular flexibility index (Phi) is 7.73. The molecule has 1 aliphatic heterocycles. The summed E-state index contributed by atoms with van der Waals surface area (Å²) in [6, 6.07) is 13.2. The second-order valence-electron chi connectivity index (χ2n) is 8.71. The SMILES string of the molecule is CCCCOc1cccc(/C(O)=C2\C(=O)C(=O)N(c3nc(C)c(C(=O)OC)s3)C2c2ccc(C)cc2)c1. The summed E-state index contributed by atoms with van der Waals surface area (Å²) >= 11 is 0.963. The molecule has 9 heteroatoms. The fourth-order valence-corrected chi connectivity index (χ4v) is 5.10. The number of thiazole rings is 1. The van der Waals surface area contributed by atoms with Gasteiger partial charge in [-0.2, -0.15) is 0 Å². The Hall–Kier alpha value is -3.98. The van der Waals surface area contributed by atoms with Crippen LogP contribution < -0.4 is 9.64 Å². The first-order valence-corrected chi connectivity index (χ1v) is 12.7. The summed E-state index contributed by atoms with van der Waals surface area (Å²) in [6.07, 6.45) is 1.86. The highest BCUT2D eigenvalue weighted by molar-refractivity contribution is 7.17. The molecule has 1 aliphatic rings. The number of hydrogen-bond acceptors (Lipinski definition) is 8. The number of benzene rings is 2. The lowest BCUT2D eigenvalue weighted by Gasteiger charge is -2.23. The van der Waals surface area contributed by atoms with Gasteiger partial charge in [0.05, 0.1) is 31.0 Å². The van der Waals surface area contributed by atoms with Crippen LogP contribution >= 0.6 is 11.3 Å². The predicted octanol–water partition coefficient (Wildman–Crippen LogP) is 5.35. The fraction of sp³-hybridized carbons (Fsp3) is 0.286. The zero-order chi connectivity index (χ0) is 26.7. The zero-order valence-electron chi connectivity index (χ0n) is 21.1. The number of aryl methyl sites for hydroxylation is 2. The van der Waals surface area contributed by atoms with E-state index in [1.807, 2.05) is 19.1 Å². The van der Waals surface area contributed by atoms with E-state index < -0.39 is 23.7 Å². The second-order valence-corrected chi connectivity index (χ2v) is 9.69. The molecule has 0 radical (unpaired) electrons. The normalized spacial score (nSPS) is 16.8. The molecule has 37 heavy (non-hydrogen) atoms. The molecule has 2 aromatic carbocycles. The van der Waals surface area contributed by atoms with Crippen molar-refractivity contribution < 1.29 is 29.0 Å². The monoisotopic (exact) mass is 520 g/mol. The first-order chi connectivity index (χ1) is 17.8. The summed E-state index contributed by atoms with van der Waals surface area (Å²) in [5.74, 6) is -2.02. The number of aliphatic hydroxyl groups excluding tert-OH is 1. The molecule has 0 aliphatic carbocycles. The van der Waals surface area contributed by atoms with Crippen LogP contribution in [0.2, 0.25) is 0 Å². The van der Waals surface area contributed by atoms with Gasteiger partial charge in [-0.05, 0) is 38.0 Å². The van der Waals surface area contributed by atoms with Gasteiger partial charge in [0.25, 0.3) is 5.78 Å². The molecular formula is C28H28N2O6S. The number of ketones is 1. The maximum absolute atomic E-state index is 13.4. The minimum atomic E-state index is -0.943. The van der Waals surface area contributed by atoms with E-state index in [0.29, 0.717) is 29.2 Å². The number of rotatable bonds is 8. The van der Waals surface area contributed by atoms with Crippen LogP contribution in [-0.4, -0.2) is 41.5 Å². The Labute approximate surface area is 219 Å². The van der Waals surface area contributed by atoms with Gasteiger partial charge >= 0.3 is 11.9 Å². The van der Waals surface area contributed by atoms with E-state index >= 15 is 0 Å². The highest BCUT2D eigenvalue weighted by Gasteiger charge is 2.48. The molecule has 4 rings (SSSR count). The second kappa shape index (κ2) is 11.0. The Morgan fingerprint density at radius 2 is 1.86 bits per heavy atom. The number of carbonyl (C=O) groups is 3. The molecular weight excluding hydrogens is 492 g/mol. The van der Waals surface area contributed by atoms with Crippen molar-refractivity contribution in [1.29, 1.82) is 0 Å². The number of aliphatic hydroxyl groups is 1. The van der Waals surface area contributed by atoms with Gasteiger partial charge in [-0.25, -0.2) is 9.78 Å². The minimum Gasteiger partial charge on any atom is -0.507 e. The molecule has 1 N–H and O–H groups in total. The first kappa shape index (κ1) is 26.1. The average Bonchev–Trinajstić information content (AvgIpc) is 3.40. The number of aromatic nitrogens is 1. The van der Waals surface area contributed by atoms with Crippen molar-refractivity contribution in [3.63, 3.8) is 0 Å². The largest absolute Gasteiger partial charge is 0.507 e. The van der Waals surface area contributed by atoms with Crippen molar-refractivity contribution in [3.8, 4) is 5.75 Å². The van der Waals surface area contributed by atoms with Crippen molar-refractivity contribution >= 4 is 39.9 Å². The van der Waals surface area contributed by atoms with Crippen molar-refractivity contribution in [2.24, 2.45) is 0 Å². The number of ether oxygens (including phenoxy) is 2. The topological polar surface area (TPSA) is 106 Å². The number of carbonyl (C=O) groups excluding carboxylic acids is 3. The van der Waals surface area contributed by atoms with Gasteiger partial charge < -0.3 is 14.6 Å². The summed E-state index contributed by atoms with van der Waals surface area (Å²) in [5.41, 5.74) is 2.29. The Morgan fingerprint density at radius 3 is 2.54 bits per heavy atom. The van der Waals surface area contributed by atoms with Gasteiger partial charge in [0, 0.05) is 5.56 Å². The lowest BCUT2D eigenvalue weighted by Crippen LogP contribution is -2.29. The number of Topliss-reactive ketones (excluding diaryl/α,β-unsaturated/α-hetero) is 1. The summed E-state index contributed by atoms with van der Waals surface area (Å²) in [4.78, 5) is 44.8. The molecule has 1 amide bonds. The quantitative estimate of drug-likeness (QED) is 0.140. The van der Waals surface area contributed by atoms with E-state index in [2.05, 4.69) is 11.9 Å². The molecule has 1 atom stereocenters.